The minimum atomic E-state index is -0.00824. The van der Waals surface area contributed by atoms with Gasteiger partial charge < -0.3 is 10.1 Å². The smallest absolute Gasteiger partial charge is 0.252 e. The Balaban J connectivity index is 2.05. The SMILES string of the molecule is Cc1cccc(C(=O)N[C@@H](C)[C@H]2CCCO2)c1I. The maximum Gasteiger partial charge on any atom is 0.252 e. The number of halogens is 1. The van der Waals surface area contributed by atoms with E-state index >= 15 is 0 Å². The maximum absolute atomic E-state index is 12.2. The van der Waals surface area contributed by atoms with Crippen LogP contribution in [0.3, 0.4) is 0 Å². The molecule has 0 bridgehead atoms. The Morgan fingerprint density at radius 2 is 2.33 bits per heavy atom. The van der Waals surface area contributed by atoms with E-state index in [0.29, 0.717) is 0 Å². The van der Waals surface area contributed by atoms with E-state index in [4.69, 9.17) is 4.74 Å². The van der Waals surface area contributed by atoms with Crippen LogP contribution in [-0.4, -0.2) is 24.7 Å². The zero-order valence-electron chi connectivity index (χ0n) is 10.7. The van der Waals surface area contributed by atoms with E-state index in [9.17, 15) is 4.79 Å². The second kappa shape index (κ2) is 6.02. The van der Waals surface area contributed by atoms with Crippen LogP contribution < -0.4 is 5.32 Å². The molecule has 3 nitrogen and oxygen atoms in total. The number of ether oxygens (including phenoxy) is 1. The fourth-order valence-corrected chi connectivity index (χ4v) is 2.80. The predicted molar refractivity (Wildman–Crippen MR) is 79.8 cm³/mol. The van der Waals surface area contributed by atoms with E-state index in [0.717, 1.165) is 34.1 Å². The number of amides is 1. The molecule has 1 aromatic carbocycles. The van der Waals surface area contributed by atoms with E-state index in [-0.39, 0.29) is 18.1 Å². The molecule has 0 spiro atoms. The van der Waals surface area contributed by atoms with Crippen LogP contribution in [0.2, 0.25) is 0 Å². The highest BCUT2D eigenvalue weighted by molar-refractivity contribution is 14.1. The Bertz CT molecular complexity index is 441. The second-order valence-corrected chi connectivity index (χ2v) is 5.83. The number of aryl methyl sites for hydroxylation is 1. The Hall–Kier alpha value is -0.620. The molecule has 4 heteroatoms. The minimum Gasteiger partial charge on any atom is -0.376 e. The summed E-state index contributed by atoms with van der Waals surface area (Å²) in [6.07, 6.45) is 2.29. The Morgan fingerprint density at radius 1 is 1.56 bits per heavy atom. The molecule has 1 aliphatic heterocycles. The van der Waals surface area contributed by atoms with E-state index in [1.165, 1.54) is 0 Å². The molecule has 1 amide bonds. The maximum atomic E-state index is 12.2. The lowest BCUT2D eigenvalue weighted by Gasteiger charge is -2.20. The van der Waals surface area contributed by atoms with Gasteiger partial charge in [-0.1, -0.05) is 12.1 Å². The first-order valence-corrected chi connectivity index (χ1v) is 7.35. The average molecular weight is 359 g/mol. The van der Waals surface area contributed by atoms with Crippen LogP contribution in [0.15, 0.2) is 18.2 Å². The summed E-state index contributed by atoms with van der Waals surface area (Å²) in [6.45, 7) is 4.84. The van der Waals surface area contributed by atoms with Gasteiger partial charge >= 0.3 is 0 Å². The fourth-order valence-electron chi connectivity index (χ4n) is 2.20. The van der Waals surface area contributed by atoms with Gasteiger partial charge in [-0.25, -0.2) is 0 Å². The van der Waals surface area contributed by atoms with Gasteiger partial charge in [0.15, 0.2) is 0 Å². The van der Waals surface area contributed by atoms with Gasteiger partial charge in [0, 0.05) is 10.2 Å². The molecule has 2 rings (SSSR count). The van der Waals surface area contributed by atoms with Crippen LogP contribution in [0.25, 0.3) is 0 Å². The van der Waals surface area contributed by atoms with Crippen molar-refractivity contribution >= 4 is 28.5 Å². The quantitative estimate of drug-likeness (QED) is 0.843. The molecule has 1 fully saturated rings. The van der Waals surface area contributed by atoms with Crippen molar-refractivity contribution in [3.05, 3.63) is 32.9 Å². The second-order valence-electron chi connectivity index (χ2n) is 4.75. The summed E-state index contributed by atoms with van der Waals surface area (Å²) in [7, 11) is 0. The summed E-state index contributed by atoms with van der Waals surface area (Å²) in [5.74, 6) is -0.00824. The molecular weight excluding hydrogens is 341 g/mol. The number of carbonyl (C=O) groups excluding carboxylic acids is 1. The van der Waals surface area contributed by atoms with Gasteiger partial charge in [-0.05, 0) is 60.9 Å². The number of carbonyl (C=O) groups is 1. The van der Waals surface area contributed by atoms with E-state index in [2.05, 4.69) is 27.9 Å². The molecule has 2 atom stereocenters. The fraction of sp³-hybridized carbons (Fsp3) is 0.500. The summed E-state index contributed by atoms with van der Waals surface area (Å²) in [5.41, 5.74) is 1.88. The first-order valence-electron chi connectivity index (χ1n) is 6.27. The molecule has 1 saturated heterocycles. The van der Waals surface area contributed by atoms with Crippen molar-refractivity contribution in [3.63, 3.8) is 0 Å². The molecule has 1 aliphatic rings. The number of hydrogen-bond acceptors (Lipinski definition) is 2. The third-order valence-corrected chi connectivity index (χ3v) is 4.75. The van der Waals surface area contributed by atoms with Crippen LogP contribution >= 0.6 is 22.6 Å². The van der Waals surface area contributed by atoms with Crippen molar-refractivity contribution < 1.29 is 9.53 Å². The number of rotatable bonds is 3. The van der Waals surface area contributed by atoms with E-state index in [1.807, 2.05) is 32.0 Å². The lowest BCUT2D eigenvalue weighted by atomic mass is 10.1. The number of nitrogens with one attached hydrogen (secondary N) is 1. The Morgan fingerprint density at radius 3 is 3.00 bits per heavy atom. The van der Waals surface area contributed by atoms with Crippen molar-refractivity contribution in [2.24, 2.45) is 0 Å². The molecule has 0 unspecified atom stereocenters. The average Bonchev–Trinajstić information content (AvgIpc) is 2.86. The molecule has 1 N–H and O–H groups in total. The Labute approximate surface area is 121 Å². The van der Waals surface area contributed by atoms with Gasteiger partial charge in [0.25, 0.3) is 5.91 Å². The first kappa shape index (κ1) is 13.8. The summed E-state index contributed by atoms with van der Waals surface area (Å²) in [5, 5.41) is 3.04. The van der Waals surface area contributed by atoms with Crippen molar-refractivity contribution in [2.75, 3.05) is 6.61 Å². The summed E-state index contributed by atoms with van der Waals surface area (Å²) < 4.78 is 6.61. The highest BCUT2D eigenvalue weighted by Crippen LogP contribution is 2.18. The zero-order chi connectivity index (χ0) is 13.1. The summed E-state index contributed by atoms with van der Waals surface area (Å²) in [6, 6.07) is 5.87. The van der Waals surface area contributed by atoms with Crippen LogP contribution in [0.1, 0.15) is 35.7 Å². The molecule has 1 aromatic rings. The van der Waals surface area contributed by atoms with Crippen LogP contribution in [0, 0.1) is 10.5 Å². The molecule has 18 heavy (non-hydrogen) atoms. The van der Waals surface area contributed by atoms with Crippen molar-refractivity contribution in [3.8, 4) is 0 Å². The zero-order valence-corrected chi connectivity index (χ0v) is 12.9. The van der Waals surface area contributed by atoms with Gasteiger partial charge in [-0.3, -0.25) is 4.79 Å². The lowest BCUT2D eigenvalue weighted by molar-refractivity contribution is 0.0712. The van der Waals surface area contributed by atoms with Crippen molar-refractivity contribution in [2.45, 2.75) is 38.8 Å². The van der Waals surface area contributed by atoms with Gasteiger partial charge in [-0.2, -0.15) is 0 Å². The number of benzene rings is 1. The van der Waals surface area contributed by atoms with Crippen molar-refractivity contribution in [1.82, 2.24) is 5.32 Å². The predicted octanol–water partition coefficient (Wildman–Crippen LogP) is 2.90. The topological polar surface area (TPSA) is 38.3 Å². The van der Waals surface area contributed by atoms with E-state index in [1.54, 1.807) is 0 Å². The van der Waals surface area contributed by atoms with E-state index < -0.39 is 0 Å². The van der Waals surface area contributed by atoms with Gasteiger partial charge in [-0.15, -0.1) is 0 Å². The van der Waals surface area contributed by atoms with Gasteiger partial charge in [0.05, 0.1) is 17.7 Å². The highest BCUT2D eigenvalue weighted by Gasteiger charge is 2.24. The third-order valence-electron chi connectivity index (χ3n) is 3.32. The summed E-state index contributed by atoms with van der Waals surface area (Å²) >= 11 is 2.22. The molecule has 0 saturated carbocycles. The van der Waals surface area contributed by atoms with Gasteiger partial charge in [0.1, 0.15) is 0 Å². The first-order chi connectivity index (χ1) is 8.59. The molecular formula is C14H18INO2. The van der Waals surface area contributed by atoms with Crippen LogP contribution in [-0.2, 0) is 4.74 Å². The standard InChI is InChI=1S/C14H18INO2/c1-9-5-3-6-11(13(9)15)14(17)16-10(2)12-7-4-8-18-12/h3,5-6,10,12H,4,7-8H2,1-2H3,(H,16,17)/t10-,12+/m0/s1. The van der Waals surface area contributed by atoms with Gasteiger partial charge in [0.2, 0.25) is 0 Å². The van der Waals surface area contributed by atoms with Crippen LogP contribution in [0.4, 0.5) is 0 Å². The molecule has 98 valence electrons. The Kier molecular flexibility index (Phi) is 4.61. The lowest BCUT2D eigenvalue weighted by Crippen LogP contribution is -2.41. The van der Waals surface area contributed by atoms with Crippen molar-refractivity contribution in [1.29, 1.82) is 0 Å². The molecule has 0 radical (unpaired) electrons. The minimum absolute atomic E-state index is 0.00824. The normalized spacial score (nSPS) is 20.7. The third kappa shape index (κ3) is 3.03. The monoisotopic (exact) mass is 359 g/mol. The molecule has 1 heterocycles. The molecule has 0 aromatic heterocycles. The highest BCUT2D eigenvalue weighted by atomic mass is 127. The van der Waals surface area contributed by atoms with Crippen LogP contribution in [0.5, 0.6) is 0 Å². The molecule has 0 aliphatic carbocycles. The number of hydrogen-bond donors (Lipinski definition) is 1. The largest absolute Gasteiger partial charge is 0.376 e. The summed E-state index contributed by atoms with van der Waals surface area (Å²) in [4.78, 5) is 12.2.